The molecule has 0 aliphatic rings. The minimum absolute atomic E-state index is 1.10. The number of aromatic nitrogens is 2. The third-order valence-corrected chi connectivity index (χ3v) is 8.71. The van der Waals surface area contributed by atoms with E-state index < -0.39 is 0 Å². The molecule has 110 valence electrons. The highest BCUT2D eigenvalue weighted by Gasteiger charge is 2.06. The predicted molar refractivity (Wildman–Crippen MR) is 95.6 cm³/mol. The Balaban J connectivity index is 2.07. The van der Waals surface area contributed by atoms with Gasteiger partial charge in [-0.15, -0.1) is 10.2 Å². The van der Waals surface area contributed by atoms with Gasteiger partial charge in [0.1, 0.15) is 0 Å². The Morgan fingerprint density at radius 2 is 1.26 bits per heavy atom. The van der Waals surface area contributed by atoms with Crippen molar-refractivity contribution in [2.45, 2.75) is 61.1 Å². The predicted octanol–water partition coefficient (Wildman–Crippen LogP) is 6.40. The van der Waals surface area contributed by atoms with Gasteiger partial charge in [0.25, 0.3) is 0 Å². The van der Waals surface area contributed by atoms with Crippen LogP contribution in [0.15, 0.2) is 8.68 Å². The summed E-state index contributed by atoms with van der Waals surface area (Å²) in [6, 6.07) is 0. The number of hydrogen-bond donors (Lipinski definition) is 0. The van der Waals surface area contributed by atoms with Gasteiger partial charge in [0.05, 0.1) is 0 Å². The maximum absolute atomic E-state index is 4.23. The third-order valence-electron chi connectivity index (χ3n) is 2.31. The monoisotopic (exact) mass is 354 g/mol. The maximum Gasteiger partial charge on any atom is 0.185 e. The smallest absolute Gasteiger partial charge is 0.130 e. The summed E-state index contributed by atoms with van der Waals surface area (Å²) in [4.78, 5) is 0. The Bertz CT molecular complexity index is 290. The van der Waals surface area contributed by atoms with Gasteiger partial charge in [-0.3, -0.25) is 0 Å². The number of hydrogen-bond acceptors (Lipinski definition) is 7. The van der Waals surface area contributed by atoms with E-state index in [1.807, 2.05) is 21.6 Å². The molecule has 0 aliphatic heterocycles. The highest BCUT2D eigenvalue weighted by Crippen LogP contribution is 2.39. The Kier molecular flexibility index (Phi) is 12.0. The van der Waals surface area contributed by atoms with Gasteiger partial charge >= 0.3 is 0 Å². The van der Waals surface area contributed by atoms with Gasteiger partial charge < -0.3 is 0 Å². The lowest BCUT2D eigenvalue weighted by atomic mass is 10.3. The molecular formula is C12H22N2S5. The summed E-state index contributed by atoms with van der Waals surface area (Å²) in [5.74, 6) is 2.43. The molecule has 0 N–H and O–H groups in total. The zero-order valence-corrected chi connectivity index (χ0v) is 15.7. The second-order valence-electron chi connectivity index (χ2n) is 4.06. The molecule has 1 rings (SSSR count). The molecule has 0 amide bonds. The zero-order valence-electron chi connectivity index (χ0n) is 11.6. The van der Waals surface area contributed by atoms with E-state index in [1.165, 1.54) is 50.0 Å². The second kappa shape index (κ2) is 12.7. The van der Waals surface area contributed by atoms with Gasteiger partial charge in [-0.05, 0) is 34.4 Å². The second-order valence-corrected chi connectivity index (χ2v) is 10.4. The van der Waals surface area contributed by atoms with Crippen LogP contribution >= 0.6 is 54.5 Å². The Morgan fingerprint density at radius 1 is 0.789 bits per heavy atom. The normalized spacial score (nSPS) is 11.1. The SMILES string of the molecule is CCCCCSSc1nnc(SSCCCCC)s1. The van der Waals surface area contributed by atoms with Crippen LogP contribution in [0.4, 0.5) is 0 Å². The Labute approximate surface area is 136 Å². The van der Waals surface area contributed by atoms with Crippen LogP contribution in [0.2, 0.25) is 0 Å². The first-order valence-electron chi connectivity index (χ1n) is 6.79. The molecule has 1 aromatic rings. The molecule has 0 unspecified atom stereocenters. The van der Waals surface area contributed by atoms with Gasteiger partial charge in [-0.1, -0.05) is 72.5 Å². The lowest BCUT2D eigenvalue weighted by molar-refractivity contribution is 0.779. The van der Waals surface area contributed by atoms with E-state index in [0.717, 1.165) is 8.68 Å². The van der Waals surface area contributed by atoms with E-state index in [4.69, 9.17) is 0 Å². The van der Waals surface area contributed by atoms with E-state index in [0.29, 0.717) is 0 Å². The Morgan fingerprint density at radius 3 is 1.68 bits per heavy atom. The quantitative estimate of drug-likeness (QED) is 0.318. The number of nitrogens with zero attached hydrogens (tertiary/aromatic N) is 2. The molecular weight excluding hydrogens is 332 g/mol. The molecule has 0 saturated carbocycles. The minimum Gasteiger partial charge on any atom is -0.130 e. The van der Waals surface area contributed by atoms with Gasteiger partial charge in [0.2, 0.25) is 0 Å². The molecule has 0 bridgehead atoms. The fourth-order valence-electron chi connectivity index (χ4n) is 1.27. The minimum atomic E-state index is 1.10. The van der Waals surface area contributed by atoms with Crippen molar-refractivity contribution in [3.05, 3.63) is 0 Å². The van der Waals surface area contributed by atoms with Crippen molar-refractivity contribution in [2.75, 3.05) is 11.5 Å². The lowest BCUT2D eigenvalue weighted by Gasteiger charge is -1.96. The number of unbranched alkanes of at least 4 members (excludes halogenated alkanes) is 4. The van der Waals surface area contributed by atoms with Crippen LogP contribution in [0.5, 0.6) is 0 Å². The first kappa shape index (κ1) is 18.0. The van der Waals surface area contributed by atoms with Crippen LogP contribution in [0.25, 0.3) is 0 Å². The maximum atomic E-state index is 4.23. The number of rotatable bonds is 12. The lowest BCUT2D eigenvalue weighted by Crippen LogP contribution is -1.76. The summed E-state index contributed by atoms with van der Waals surface area (Å²) in [5, 5.41) is 8.45. The van der Waals surface area contributed by atoms with E-state index in [9.17, 15) is 0 Å². The van der Waals surface area contributed by atoms with Gasteiger partial charge in [0, 0.05) is 11.5 Å². The van der Waals surface area contributed by atoms with E-state index in [-0.39, 0.29) is 0 Å². The summed E-state index contributed by atoms with van der Waals surface area (Å²) in [7, 11) is 7.36. The van der Waals surface area contributed by atoms with Crippen LogP contribution in [-0.4, -0.2) is 21.7 Å². The van der Waals surface area contributed by atoms with Gasteiger partial charge in [0.15, 0.2) is 8.68 Å². The van der Waals surface area contributed by atoms with Crippen LogP contribution in [0.1, 0.15) is 52.4 Å². The summed E-state index contributed by atoms with van der Waals surface area (Å²) in [6.07, 6.45) is 7.86. The summed E-state index contributed by atoms with van der Waals surface area (Å²) in [6.45, 7) is 4.48. The summed E-state index contributed by atoms with van der Waals surface area (Å²) < 4.78 is 2.19. The molecule has 0 fully saturated rings. The van der Waals surface area contributed by atoms with E-state index >= 15 is 0 Å². The van der Waals surface area contributed by atoms with Crippen molar-refractivity contribution in [3.8, 4) is 0 Å². The standard InChI is InChI=1S/C12H22N2S5/c1-3-5-7-9-15-18-11-13-14-12(17-11)19-16-10-8-6-4-2/h3-10H2,1-2H3. The van der Waals surface area contributed by atoms with Gasteiger partial charge in [-0.2, -0.15) is 0 Å². The fraction of sp³-hybridized carbons (Fsp3) is 0.833. The third kappa shape index (κ3) is 9.50. The van der Waals surface area contributed by atoms with Crippen LogP contribution in [-0.2, 0) is 0 Å². The van der Waals surface area contributed by atoms with Crippen LogP contribution < -0.4 is 0 Å². The molecule has 0 radical (unpaired) electrons. The highest BCUT2D eigenvalue weighted by atomic mass is 33.1. The summed E-state index contributed by atoms with van der Waals surface area (Å²) >= 11 is 1.72. The molecule has 1 aromatic heterocycles. The zero-order chi connectivity index (χ0) is 13.8. The van der Waals surface area contributed by atoms with Crippen LogP contribution in [0.3, 0.4) is 0 Å². The molecule has 0 spiro atoms. The molecule has 2 nitrogen and oxygen atoms in total. The summed E-state index contributed by atoms with van der Waals surface area (Å²) in [5.41, 5.74) is 0. The highest BCUT2D eigenvalue weighted by molar-refractivity contribution is 8.77. The molecule has 0 atom stereocenters. The fourth-order valence-corrected chi connectivity index (χ4v) is 7.14. The largest absolute Gasteiger partial charge is 0.185 e. The Hall–Kier alpha value is 0.960. The van der Waals surface area contributed by atoms with E-state index in [2.05, 4.69) is 24.0 Å². The van der Waals surface area contributed by atoms with Crippen molar-refractivity contribution in [2.24, 2.45) is 0 Å². The molecule has 0 aliphatic carbocycles. The van der Waals surface area contributed by atoms with E-state index in [1.54, 1.807) is 32.9 Å². The average Bonchev–Trinajstić information content (AvgIpc) is 2.86. The first-order chi connectivity index (χ1) is 9.36. The average molecular weight is 355 g/mol. The van der Waals surface area contributed by atoms with Crippen molar-refractivity contribution in [1.29, 1.82) is 0 Å². The van der Waals surface area contributed by atoms with Crippen LogP contribution in [0, 0.1) is 0 Å². The first-order valence-corrected chi connectivity index (χ1v) is 12.2. The topological polar surface area (TPSA) is 25.8 Å². The van der Waals surface area contributed by atoms with Crippen molar-refractivity contribution in [1.82, 2.24) is 10.2 Å². The molecule has 19 heavy (non-hydrogen) atoms. The molecule has 0 aromatic carbocycles. The molecule has 0 saturated heterocycles. The van der Waals surface area contributed by atoms with Gasteiger partial charge in [-0.25, -0.2) is 0 Å². The van der Waals surface area contributed by atoms with Crippen molar-refractivity contribution >= 4 is 54.5 Å². The molecule has 1 heterocycles. The van der Waals surface area contributed by atoms with Crippen molar-refractivity contribution in [3.63, 3.8) is 0 Å². The van der Waals surface area contributed by atoms with Crippen molar-refractivity contribution < 1.29 is 0 Å². The molecule has 7 heteroatoms.